The molecule has 11 heavy (non-hydrogen) atoms. The molecule has 1 aliphatic heterocycles. The fourth-order valence-corrected chi connectivity index (χ4v) is 1.16. The Bertz CT molecular complexity index is 143. The summed E-state index contributed by atoms with van der Waals surface area (Å²) in [7, 11) is 1.35. The van der Waals surface area contributed by atoms with Crippen LogP contribution in [0.2, 0.25) is 0 Å². The first-order valence-electron chi connectivity index (χ1n) is 3.67. The highest BCUT2D eigenvalue weighted by Crippen LogP contribution is 2.15. The topological polar surface area (TPSA) is 61.5 Å². The second-order valence-corrected chi connectivity index (χ2v) is 2.67. The molecule has 2 atom stereocenters. The third kappa shape index (κ3) is 1.91. The zero-order chi connectivity index (χ0) is 8.27. The van der Waals surface area contributed by atoms with Gasteiger partial charge in [-0.25, -0.2) is 0 Å². The predicted molar refractivity (Wildman–Crippen MR) is 38.9 cm³/mol. The van der Waals surface area contributed by atoms with Crippen LogP contribution in [0.5, 0.6) is 0 Å². The Balaban J connectivity index is 2.39. The molecule has 0 saturated carbocycles. The molecule has 1 saturated heterocycles. The van der Waals surface area contributed by atoms with Crippen LogP contribution in [-0.2, 0) is 14.3 Å². The molecule has 0 radical (unpaired) electrons. The SMILES string of the molecule is COC(=O)[C@@H](N)[C@H]1CCOC1. The lowest BCUT2D eigenvalue weighted by Crippen LogP contribution is -2.39. The van der Waals surface area contributed by atoms with Crippen molar-refractivity contribution in [2.75, 3.05) is 20.3 Å². The van der Waals surface area contributed by atoms with E-state index in [1.807, 2.05) is 0 Å². The molecule has 0 spiro atoms. The molecule has 1 fully saturated rings. The number of ether oxygens (including phenoxy) is 2. The molecular formula is C7H13NO3. The van der Waals surface area contributed by atoms with Crippen molar-refractivity contribution < 1.29 is 14.3 Å². The standard InChI is InChI=1S/C7H13NO3/c1-10-7(9)6(8)5-2-3-11-4-5/h5-6H,2-4,8H2,1H3/t5-,6-/m0/s1. The molecule has 4 nitrogen and oxygen atoms in total. The lowest BCUT2D eigenvalue weighted by molar-refractivity contribution is -0.143. The van der Waals surface area contributed by atoms with Crippen LogP contribution in [0.25, 0.3) is 0 Å². The van der Waals surface area contributed by atoms with Crippen molar-refractivity contribution in [3.63, 3.8) is 0 Å². The van der Waals surface area contributed by atoms with Crippen molar-refractivity contribution in [2.45, 2.75) is 12.5 Å². The Labute approximate surface area is 65.7 Å². The number of hydrogen-bond acceptors (Lipinski definition) is 4. The molecule has 4 heteroatoms. The van der Waals surface area contributed by atoms with Gasteiger partial charge in [0.25, 0.3) is 0 Å². The van der Waals surface area contributed by atoms with E-state index in [1.54, 1.807) is 0 Å². The van der Waals surface area contributed by atoms with Gasteiger partial charge in [0.05, 0.1) is 13.7 Å². The van der Waals surface area contributed by atoms with Crippen LogP contribution >= 0.6 is 0 Å². The molecule has 0 amide bonds. The molecule has 0 unspecified atom stereocenters. The highest BCUT2D eigenvalue weighted by atomic mass is 16.5. The maximum absolute atomic E-state index is 10.9. The summed E-state index contributed by atoms with van der Waals surface area (Å²) in [6.45, 7) is 1.28. The first-order valence-corrected chi connectivity index (χ1v) is 3.67. The number of methoxy groups -OCH3 is 1. The van der Waals surface area contributed by atoms with Gasteiger partial charge in [-0.15, -0.1) is 0 Å². The van der Waals surface area contributed by atoms with Gasteiger partial charge in [0.15, 0.2) is 0 Å². The first kappa shape index (κ1) is 8.49. The monoisotopic (exact) mass is 159 g/mol. The third-order valence-electron chi connectivity index (χ3n) is 1.95. The van der Waals surface area contributed by atoms with Gasteiger partial charge in [-0.2, -0.15) is 0 Å². The summed E-state index contributed by atoms with van der Waals surface area (Å²) >= 11 is 0. The summed E-state index contributed by atoms with van der Waals surface area (Å²) in [5, 5.41) is 0. The molecule has 0 aromatic rings. The van der Waals surface area contributed by atoms with Crippen LogP contribution in [0.4, 0.5) is 0 Å². The van der Waals surface area contributed by atoms with Gasteiger partial charge in [-0.3, -0.25) is 4.79 Å². The average Bonchev–Trinajstić information content (AvgIpc) is 2.53. The molecule has 0 aliphatic carbocycles. The van der Waals surface area contributed by atoms with Gasteiger partial charge in [-0.05, 0) is 6.42 Å². The Morgan fingerprint density at radius 1 is 1.82 bits per heavy atom. The van der Waals surface area contributed by atoms with Crippen molar-refractivity contribution in [1.29, 1.82) is 0 Å². The van der Waals surface area contributed by atoms with Gasteiger partial charge in [0.1, 0.15) is 6.04 Å². The maximum atomic E-state index is 10.9. The van der Waals surface area contributed by atoms with E-state index in [9.17, 15) is 4.79 Å². The van der Waals surface area contributed by atoms with Gasteiger partial charge >= 0.3 is 5.97 Å². The van der Waals surface area contributed by atoms with E-state index in [4.69, 9.17) is 10.5 Å². The van der Waals surface area contributed by atoms with E-state index >= 15 is 0 Å². The lowest BCUT2D eigenvalue weighted by atomic mass is 10.0. The predicted octanol–water partition coefficient (Wildman–Crippen LogP) is -0.477. The quantitative estimate of drug-likeness (QED) is 0.553. The first-order chi connectivity index (χ1) is 5.25. The van der Waals surface area contributed by atoms with Gasteiger partial charge in [0, 0.05) is 12.5 Å². The Hall–Kier alpha value is -0.610. The Kier molecular flexibility index (Phi) is 2.84. The molecule has 64 valence electrons. The van der Waals surface area contributed by atoms with E-state index in [-0.39, 0.29) is 11.9 Å². The smallest absolute Gasteiger partial charge is 0.323 e. The fraction of sp³-hybridized carbons (Fsp3) is 0.857. The van der Waals surface area contributed by atoms with Crippen molar-refractivity contribution in [1.82, 2.24) is 0 Å². The molecule has 2 N–H and O–H groups in total. The number of carbonyl (C=O) groups excluding carboxylic acids is 1. The second kappa shape index (κ2) is 3.69. The summed E-state index contributed by atoms with van der Waals surface area (Å²) in [4.78, 5) is 10.9. The van der Waals surface area contributed by atoms with Gasteiger partial charge in [0.2, 0.25) is 0 Å². The van der Waals surface area contributed by atoms with Crippen LogP contribution < -0.4 is 5.73 Å². The minimum Gasteiger partial charge on any atom is -0.468 e. The minimum atomic E-state index is -0.512. The normalized spacial score (nSPS) is 26.5. The highest BCUT2D eigenvalue weighted by molar-refractivity contribution is 5.75. The van der Waals surface area contributed by atoms with E-state index in [1.165, 1.54) is 7.11 Å². The number of carbonyl (C=O) groups is 1. The summed E-state index contributed by atoms with van der Waals surface area (Å²) in [6, 6.07) is -0.512. The molecule has 0 aromatic heterocycles. The summed E-state index contributed by atoms with van der Waals surface area (Å²) < 4.78 is 9.59. The number of hydrogen-bond donors (Lipinski definition) is 1. The average molecular weight is 159 g/mol. The zero-order valence-corrected chi connectivity index (χ0v) is 6.58. The van der Waals surface area contributed by atoms with Gasteiger partial charge in [-0.1, -0.05) is 0 Å². The largest absolute Gasteiger partial charge is 0.468 e. The molecular weight excluding hydrogens is 146 g/mol. The maximum Gasteiger partial charge on any atom is 0.323 e. The van der Waals surface area contributed by atoms with Crippen LogP contribution in [0.3, 0.4) is 0 Å². The summed E-state index contributed by atoms with van der Waals surface area (Å²) in [5.41, 5.74) is 5.58. The molecule has 0 aromatic carbocycles. The van der Waals surface area contributed by atoms with Crippen LogP contribution in [0.1, 0.15) is 6.42 Å². The van der Waals surface area contributed by atoms with Crippen LogP contribution in [0, 0.1) is 5.92 Å². The van der Waals surface area contributed by atoms with Crippen LogP contribution in [0.15, 0.2) is 0 Å². The Morgan fingerprint density at radius 3 is 3.00 bits per heavy atom. The molecule has 1 aliphatic rings. The Morgan fingerprint density at radius 2 is 2.55 bits per heavy atom. The zero-order valence-electron chi connectivity index (χ0n) is 6.58. The summed E-state index contributed by atoms with van der Waals surface area (Å²) in [6.07, 6.45) is 0.857. The second-order valence-electron chi connectivity index (χ2n) is 2.67. The number of rotatable bonds is 2. The summed E-state index contributed by atoms with van der Waals surface area (Å²) in [5.74, 6) is -0.206. The van der Waals surface area contributed by atoms with Crippen molar-refractivity contribution in [3.8, 4) is 0 Å². The van der Waals surface area contributed by atoms with E-state index in [2.05, 4.69) is 4.74 Å². The van der Waals surface area contributed by atoms with E-state index in [0.29, 0.717) is 13.2 Å². The molecule has 1 rings (SSSR count). The van der Waals surface area contributed by atoms with E-state index < -0.39 is 6.04 Å². The third-order valence-corrected chi connectivity index (χ3v) is 1.95. The van der Waals surface area contributed by atoms with Crippen molar-refractivity contribution in [3.05, 3.63) is 0 Å². The van der Waals surface area contributed by atoms with Crippen molar-refractivity contribution in [2.24, 2.45) is 11.7 Å². The van der Waals surface area contributed by atoms with E-state index in [0.717, 1.165) is 6.42 Å². The fourth-order valence-electron chi connectivity index (χ4n) is 1.16. The molecule has 1 heterocycles. The number of nitrogens with two attached hydrogens (primary N) is 1. The lowest BCUT2D eigenvalue weighted by Gasteiger charge is -2.13. The van der Waals surface area contributed by atoms with Crippen molar-refractivity contribution >= 4 is 5.97 Å². The van der Waals surface area contributed by atoms with Crippen LogP contribution in [-0.4, -0.2) is 32.3 Å². The number of esters is 1. The highest BCUT2D eigenvalue weighted by Gasteiger charge is 2.28. The molecule has 0 bridgehead atoms. The minimum absolute atomic E-state index is 0.141. The van der Waals surface area contributed by atoms with Gasteiger partial charge < -0.3 is 15.2 Å².